The van der Waals surface area contributed by atoms with Crippen molar-refractivity contribution < 1.29 is 14.6 Å². The fourth-order valence-corrected chi connectivity index (χ4v) is 2.91. The number of H-pyrrole nitrogens is 1. The van der Waals surface area contributed by atoms with Crippen LogP contribution < -0.4 is 5.56 Å². The summed E-state index contributed by atoms with van der Waals surface area (Å²) in [6.07, 6.45) is -0.295. The zero-order valence-electron chi connectivity index (χ0n) is 13.3. The summed E-state index contributed by atoms with van der Waals surface area (Å²) in [6, 6.07) is 12.1. The number of hydrogen-bond acceptors (Lipinski definition) is 5. The summed E-state index contributed by atoms with van der Waals surface area (Å²) in [6.45, 7) is 0. The number of benzene rings is 1. The molecule has 0 radical (unpaired) electrons. The van der Waals surface area contributed by atoms with E-state index >= 15 is 4.39 Å². The molecule has 4 rings (SSSR count). The summed E-state index contributed by atoms with van der Waals surface area (Å²) in [5.41, 5.74) is 0.0363. The van der Waals surface area contributed by atoms with Crippen molar-refractivity contribution in [2.24, 2.45) is 0 Å². The lowest BCUT2D eigenvalue weighted by Gasteiger charge is -2.16. The number of para-hydroxylation sites is 1. The Hall–Kier alpha value is -3.68. The second-order valence-electron chi connectivity index (χ2n) is 5.64. The monoisotopic (exact) mass is 352 g/mol. The minimum atomic E-state index is -1.75. The first-order valence-electron chi connectivity index (χ1n) is 7.74. The fourth-order valence-electron chi connectivity index (χ4n) is 2.91. The van der Waals surface area contributed by atoms with Gasteiger partial charge in [0.2, 0.25) is 0 Å². The van der Waals surface area contributed by atoms with Gasteiger partial charge in [-0.05, 0) is 18.2 Å². The molecule has 0 aliphatic carbocycles. The number of aromatic hydroxyl groups is 2. The lowest BCUT2D eigenvalue weighted by atomic mass is 10.0. The van der Waals surface area contributed by atoms with Gasteiger partial charge >= 0.3 is 0 Å². The summed E-state index contributed by atoms with van der Waals surface area (Å²) in [7, 11) is 0. The average molecular weight is 352 g/mol. The molecule has 0 amide bonds. The van der Waals surface area contributed by atoms with E-state index in [0.29, 0.717) is 0 Å². The smallest absolute Gasteiger partial charge is 0.273 e. The predicted molar refractivity (Wildman–Crippen MR) is 92.2 cm³/mol. The second-order valence-corrected chi connectivity index (χ2v) is 5.64. The van der Waals surface area contributed by atoms with E-state index in [0.717, 1.165) is 4.57 Å². The van der Waals surface area contributed by atoms with Gasteiger partial charge in [0.15, 0.2) is 17.9 Å². The highest BCUT2D eigenvalue weighted by atomic mass is 19.1. The Labute approximate surface area is 146 Å². The average Bonchev–Trinajstić information content (AvgIpc) is 3.00. The van der Waals surface area contributed by atoms with E-state index in [1.165, 1.54) is 30.5 Å². The molecule has 26 heavy (non-hydrogen) atoms. The molecule has 130 valence electrons. The van der Waals surface area contributed by atoms with Crippen LogP contribution in [0.1, 0.15) is 17.4 Å². The van der Waals surface area contributed by atoms with Crippen molar-refractivity contribution in [2.45, 2.75) is 6.17 Å². The van der Waals surface area contributed by atoms with Crippen molar-refractivity contribution in [1.29, 1.82) is 0 Å². The van der Waals surface area contributed by atoms with Crippen LogP contribution in [0.4, 0.5) is 4.39 Å². The summed E-state index contributed by atoms with van der Waals surface area (Å²) < 4.78 is 16.6. The normalized spacial score (nSPS) is 12.3. The van der Waals surface area contributed by atoms with Crippen LogP contribution in [-0.4, -0.2) is 30.0 Å². The Morgan fingerprint density at radius 1 is 1.04 bits per heavy atom. The molecule has 0 bridgehead atoms. The molecule has 1 atom stereocenters. The van der Waals surface area contributed by atoms with Gasteiger partial charge in [0.05, 0.1) is 11.1 Å². The van der Waals surface area contributed by atoms with Gasteiger partial charge in [-0.2, -0.15) is 5.10 Å². The van der Waals surface area contributed by atoms with Crippen LogP contribution in [0.5, 0.6) is 11.8 Å². The van der Waals surface area contributed by atoms with Gasteiger partial charge in [0, 0.05) is 23.9 Å². The van der Waals surface area contributed by atoms with Gasteiger partial charge in [-0.3, -0.25) is 14.3 Å². The van der Waals surface area contributed by atoms with Crippen molar-refractivity contribution in [2.75, 3.05) is 0 Å². The Bertz CT molecular complexity index is 1150. The van der Waals surface area contributed by atoms with E-state index in [9.17, 15) is 15.0 Å². The molecule has 3 heterocycles. The highest BCUT2D eigenvalue weighted by Gasteiger charge is 2.24. The summed E-state index contributed by atoms with van der Waals surface area (Å²) >= 11 is 0. The quantitative estimate of drug-likeness (QED) is 0.526. The maximum Gasteiger partial charge on any atom is 0.273 e. The molecule has 0 spiro atoms. The highest BCUT2D eigenvalue weighted by Crippen LogP contribution is 2.35. The molecular formula is C18H13FN4O3. The Morgan fingerprint density at radius 3 is 2.54 bits per heavy atom. The zero-order valence-corrected chi connectivity index (χ0v) is 13.3. The van der Waals surface area contributed by atoms with Crippen LogP contribution in [0.2, 0.25) is 0 Å². The molecule has 0 fully saturated rings. The number of rotatable bonds is 3. The molecule has 1 unspecified atom stereocenters. The van der Waals surface area contributed by atoms with Gasteiger partial charge in [-0.1, -0.05) is 18.2 Å². The Kier molecular flexibility index (Phi) is 3.65. The maximum absolute atomic E-state index is 15.4. The van der Waals surface area contributed by atoms with E-state index in [1.807, 2.05) is 0 Å². The molecule has 8 heteroatoms. The number of aromatic amines is 1. The molecule has 4 aromatic rings. The van der Waals surface area contributed by atoms with Gasteiger partial charge < -0.3 is 10.2 Å². The van der Waals surface area contributed by atoms with Crippen LogP contribution in [0, 0.1) is 0 Å². The van der Waals surface area contributed by atoms with Gasteiger partial charge in [-0.25, -0.2) is 9.49 Å². The fraction of sp³-hybridized carbons (Fsp3) is 0.0556. The molecule has 0 aliphatic rings. The lowest BCUT2D eigenvalue weighted by molar-refractivity contribution is 0.382. The third kappa shape index (κ3) is 2.39. The molecular weight excluding hydrogens is 339 g/mol. The number of halogens is 1. The van der Waals surface area contributed by atoms with Crippen molar-refractivity contribution >= 4 is 10.9 Å². The topological polar surface area (TPSA) is 104 Å². The number of nitrogens with one attached hydrogen (secondary N) is 1. The van der Waals surface area contributed by atoms with E-state index in [2.05, 4.69) is 15.2 Å². The van der Waals surface area contributed by atoms with Gasteiger partial charge in [0.1, 0.15) is 11.2 Å². The van der Waals surface area contributed by atoms with Crippen LogP contribution in [0.25, 0.3) is 16.6 Å². The number of pyridine rings is 1. The lowest BCUT2D eigenvalue weighted by Crippen LogP contribution is -2.14. The highest BCUT2D eigenvalue weighted by molar-refractivity contribution is 5.79. The molecule has 7 nitrogen and oxygen atoms in total. The van der Waals surface area contributed by atoms with Crippen LogP contribution in [0.3, 0.4) is 0 Å². The van der Waals surface area contributed by atoms with Gasteiger partial charge in [0.25, 0.3) is 5.56 Å². The molecule has 3 aromatic heterocycles. The second kappa shape index (κ2) is 5.99. The summed E-state index contributed by atoms with van der Waals surface area (Å²) in [5, 5.41) is 26.3. The largest absolute Gasteiger partial charge is 0.494 e. The standard InChI is InChI=1S/C18H13FN4O3/c19-15(17-16-11(5-3-9-20-16)18(26)22-21-17)10-4-1-2-6-12(10)23-13(24)7-8-14(23)25/h1-9,15,24-25H,(H,22,26). The predicted octanol–water partition coefficient (Wildman–Crippen LogP) is 2.58. The van der Waals surface area contributed by atoms with Crippen LogP contribution in [-0.2, 0) is 0 Å². The first-order chi connectivity index (χ1) is 12.6. The zero-order chi connectivity index (χ0) is 18.3. The third-order valence-corrected chi connectivity index (χ3v) is 4.10. The molecule has 1 aromatic carbocycles. The number of hydrogen-bond donors (Lipinski definition) is 3. The molecule has 0 saturated carbocycles. The van der Waals surface area contributed by atoms with E-state index in [1.54, 1.807) is 24.3 Å². The van der Waals surface area contributed by atoms with Crippen molar-refractivity contribution in [3.63, 3.8) is 0 Å². The Morgan fingerprint density at radius 2 is 1.77 bits per heavy atom. The van der Waals surface area contributed by atoms with Crippen molar-refractivity contribution in [3.8, 4) is 17.4 Å². The molecule has 0 saturated heterocycles. The van der Waals surface area contributed by atoms with Crippen molar-refractivity contribution in [3.05, 3.63) is 76.3 Å². The van der Waals surface area contributed by atoms with Crippen LogP contribution in [0.15, 0.2) is 59.5 Å². The summed E-state index contributed by atoms with van der Waals surface area (Å²) in [5.74, 6) is -0.473. The van der Waals surface area contributed by atoms with E-state index in [-0.39, 0.29) is 39.6 Å². The van der Waals surface area contributed by atoms with Crippen molar-refractivity contribution in [1.82, 2.24) is 19.7 Å². The number of nitrogens with zero attached hydrogens (tertiary/aromatic N) is 3. The molecule has 0 aliphatic heterocycles. The third-order valence-electron chi connectivity index (χ3n) is 4.10. The first-order valence-corrected chi connectivity index (χ1v) is 7.74. The first kappa shape index (κ1) is 15.8. The van der Waals surface area contributed by atoms with E-state index in [4.69, 9.17) is 0 Å². The summed E-state index contributed by atoms with van der Waals surface area (Å²) in [4.78, 5) is 16.0. The van der Waals surface area contributed by atoms with Crippen LogP contribution >= 0.6 is 0 Å². The number of alkyl halides is 1. The minimum absolute atomic E-state index is 0.0567. The van der Waals surface area contributed by atoms with Gasteiger partial charge in [-0.15, -0.1) is 0 Å². The SMILES string of the molecule is O=c1[nH]nc(C(F)c2ccccc2-n2c(O)ccc2O)c2ncccc12. The van der Waals surface area contributed by atoms with E-state index < -0.39 is 11.7 Å². The minimum Gasteiger partial charge on any atom is -0.494 e. The number of aromatic nitrogens is 4. The number of fused-ring (bicyclic) bond motifs is 1. The maximum atomic E-state index is 15.4. The Balaban J connectivity index is 1.93. The molecule has 3 N–H and O–H groups in total.